The van der Waals surface area contributed by atoms with Gasteiger partial charge in [-0.2, -0.15) is 0 Å². The molecule has 0 aromatic heterocycles. The Morgan fingerprint density at radius 3 is 2.74 bits per heavy atom. The van der Waals surface area contributed by atoms with Crippen LogP contribution >= 0.6 is 0 Å². The number of carbonyl (C=O) groups is 1. The molecule has 1 saturated carbocycles. The van der Waals surface area contributed by atoms with Gasteiger partial charge in [-0.3, -0.25) is 4.79 Å². The molecule has 2 atom stereocenters. The molecule has 0 aromatic rings. The summed E-state index contributed by atoms with van der Waals surface area (Å²) in [5, 5.41) is 3.14. The number of hydrogen-bond donors (Lipinski definition) is 1. The van der Waals surface area contributed by atoms with E-state index >= 15 is 0 Å². The van der Waals surface area contributed by atoms with E-state index in [9.17, 15) is 13.2 Å². The summed E-state index contributed by atoms with van der Waals surface area (Å²) in [6, 6.07) is 0.260. The Bertz CT molecular complexity index is 380. The van der Waals surface area contributed by atoms with Crippen LogP contribution in [0.25, 0.3) is 0 Å². The highest BCUT2D eigenvalue weighted by molar-refractivity contribution is 7.91. The third kappa shape index (κ3) is 6.38. The van der Waals surface area contributed by atoms with Gasteiger partial charge in [-0.15, -0.1) is 0 Å². The molecule has 6 heteroatoms. The Morgan fingerprint density at radius 2 is 2.11 bits per heavy atom. The molecule has 0 bridgehead atoms. The minimum absolute atomic E-state index is 0.165. The Balaban J connectivity index is 2.21. The zero-order valence-corrected chi connectivity index (χ0v) is 12.7. The van der Waals surface area contributed by atoms with E-state index < -0.39 is 9.84 Å². The summed E-state index contributed by atoms with van der Waals surface area (Å²) >= 11 is 0. The molecule has 0 heterocycles. The van der Waals surface area contributed by atoms with Crippen molar-refractivity contribution in [2.45, 2.75) is 56.7 Å². The first-order chi connectivity index (χ1) is 8.93. The van der Waals surface area contributed by atoms with Crippen LogP contribution in [0.3, 0.4) is 0 Å². The molecule has 1 fully saturated rings. The first-order valence-electron chi connectivity index (χ1n) is 7.01. The summed E-state index contributed by atoms with van der Waals surface area (Å²) in [6.45, 7) is 2.95. The highest BCUT2D eigenvalue weighted by Gasteiger charge is 2.28. The summed E-state index contributed by atoms with van der Waals surface area (Å²) in [7, 11) is -2.92. The molecule has 0 spiro atoms. The van der Waals surface area contributed by atoms with E-state index in [1.807, 2.05) is 0 Å². The van der Waals surface area contributed by atoms with Gasteiger partial charge in [-0.25, -0.2) is 8.42 Å². The van der Waals surface area contributed by atoms with Crippen LogP contribution in [-0.4, -0.2) is 45.1 Å². The number of ether oxygens (including phenoxy) is 1. The molecule has 112 valence electrons. The summed E-state index contributed by atoms with van der Waals surface area (Å²) in [5.74, 6) is -0.165. The van der Waals surface area contributed by atoms with Gasteiger partial charge < -0.3 is 10.1 Å². The molecule has 19 heavy (non-hydrogen) atoms. The van der Waals surface area contributed by atoms with E-state index in [4.69, 9.17) is 4.74 Å². The topological polar surface area (TPSA) is 72.5 Å². The molecule has 1 aliphatic carbocycles. The first kappa shape index (κ1) is 16.4. The summed E-state index contributed by atoms with van der Waals surface area (Å²) in [5.41, 5.74) is 0. The predicted octanol–water partition coefficient (Wildman–Crippen LogP) is 1.28. The number of rotatable bonds is 7. The number of nitrogens with one attached hydrogen (secondary N) is 1. The van der Waals surface area contributed by atoms with Crippen LogP contribution in [0.1, 0.15) is 45.4 Å². The predicted molar refractivity (Wildman–Crippen MR) is 74.8 cm³/mol. The monoisotopic (exact) mass is 291 g/mol. The van der Waals surface area contributed by atoms with E-state index in [0.29, 0.717) is 19.4 Å². The molecule has 0 aromatic carbocycles. The largest absolute Gasteiger partial charge is 0.466 e. The Hall–Kier alpha value is -0.620. The first-order valence-corrected chi connectivity index (χ1v) is 8.96. The van der Waals surface area contributed by atoms with Crippen LogP contribution in [0.15, 0.2) is 0 Å². The molecule has 0 radical (unpaired) electrons. The smallest absolute Gasteiger partial charge is 0.305 e. The minimum Gasteiger partial charge on any atom is -0.466 e. The Kier molecular flexibility index (Phi) is 6.79. The molecule has 5 nitrogen and oxygen atoms in total. The average molecular weight is 291 g/mol. The second kappa shape index (κ2) is 7.85. The number of esters is 1. The van der Waals surface area contributed by atoms with Crippen molar-refractivity contribution in [3.05, 3.63) is 0 Å². The van der Waals surface area contributed by atoms with Gasteiger partial charge in [0.2, 0.25) is 0 Å². The van der Waals surface area contributed by atoms with Crippen LogP contribution in [-0.2, 0) is 19.4 Å². The summed E-state index contributed by atoms with van der Waals surface area (Å²) < 4.78 is 27.9. The minimum atomic E-state index is -2.92. The number of hydrogen-bond acceptors (Lipinski definition) is 5. The molecule has 1 rings (SSSR count). The molecule has 1 aliphatic rings. The second-order valence-corrected chi connectivity index (χ2v) is 7.50. The standard InChI is InChI=1S/C13H25NO4S/c1-3-18-13(15)8-5-9-14-11-6-4-7-12(10-11)19(2,16)17/h11-12,14H,3-10H2,1-2H3. The van der Waals surface area contributed by atoms with Crippen molar-refractivity contribution in [1.82, 2.24) is 5.32 Å². The van der Waals surface area contributed by atoms with E-state index in [1.165, 1.54) is 6.26 Å². The van der Waals surface area contributed by atoms with Gasteiger partial charge in [-0.1, -0.05) is 6.42 Å². The van der Waals surface area contributed by atoms with E-state index in [0.717, 1.165) is 32.2 Å². The van der Waals surface area contributed by atoms with E-state index in [2.05, 4.69) is 5.32 Å². The van der Waals surface area contributed by atoms with Crippen LogP contribution in [0.2, 0.25) is 0 Å². The summed E-state index contributed by atoms with van der Waals surface area (Å²) in [4.78, 5) is 11.1. The highest BCUT2D eigenvalue weighted by Crippen LogP contribution is 2.23. The molecule has 0 amide bonds. The maximum atomic E-state index is 11.5. The van der Waals surface area contributed by atoms with Crippen LogP contribution in [0.4, 0.5) is 0 Å². The average Bonchev–Trinajstić information content (AvgIpc) is 2.34. The lowest BCUT2D eigenvalue weighted by Gasteiger charge is -2.28. The van der Waals surface area contributed by atoms with Crippen molar-refractivity contribution in [1.29, 1.82) is 0 Å². The van der Waals surface area contributed by atoms with Crippen LogP contribution in [0.5, 0.6) is 0 Å². The van der Waals surface area contributed by atoms with Crippen molar-refractivity contribution < 1.29 is 17.9 Å². The van der Waals surface area contributed by atoms with E-state index in [1.54, 1.807) is 6.92 Å². The Labute approximate surface area is 116 Å². The fraction of sp³-hybridized carbons (Fsp3) is 0.923. The van der Waals surface area contributed by atoms with Crippen molar-refractivity contribution in [3.8, 4) is 0 Å². The maximum Gasteiger partial charge on any atom is 0.305 e. The van der Waals surface area contributed by atoms with Crippen molar-refractivity contribution in [2.24, 2.45) is 0 Å². The van der Waals surface area contributed by atoms with Gasteiger partial charge in [-0.05, 0) is 39.2 Å². The molecular weight excluding hydrogens is 266 g/mol. The summed E-state index contributed by atoms with van der Waals surface area (Å²) in [6.07, 6.45) is 5.92. The lowest BCUT2D eigenvalue weighted by Crippen LogP contribution is -2.39. The second-order valence-electron chi connectivity index (χ2n) is 5.18. The maximum absolute atomic E-state index is 11.5. The van der Waals surface area contributed by atoms with E-state index in [-0.39, 0.29) is 17.3 Å². The fourth-order valence-electron chi connectivity index (χ4n) is 2.49. The van der Waals surface area contributed by atoms with Gasteiger partial charge in [0.05, 0.1) is 11.9 Å². The molecule has 0 saturated heterocycles. The van der Waals surface area contributed by atoms with Gasteiger partial charge >= 0.3 is 5.97 Å². The number of carbonyl (C=O) groups excluding carboxylic acids is 1. The zero-order chi connectivity index (χ0) is 14.3. The number of sulfone groups is 1. The lowest BCUT2D eigenvalue weighted by atomic mass is 9.95. The van der Waals surface area contributed by atoms with Crippen LogP contribution in [0, 0.1) is 0 Å². The third-order valence-corrected chi connectivity index (χ3v) is 5.17. The van der Waals surface area contributed by atoms with Gasteiger partial charge in [0.25, 0.3) is 0 Å². The molecule has 0 aliphatic heterocycles. The lowest BCUT2D eigenvalue weighted by molar-refractivity contribution is -0.143. The Morgan fingerprint density at radius 1 is 1.37 bits per heavy atom. The highest BCUT2D eigenvalue weighted by atomic mass is 32.2. The van der Waals surface area contributed by atoms with Crippen molar-refractivity contribution in [3.63, 3.8) is 0 Å². The molecular formula is C13H25NO4S. The van der Waals surface area contributed by atoms with Gasteiger partial charge in [0.15, 0.2) is 0 Å². The zero-order valence-electron chi connectivity index (χ0n) is 11.9. The molecule has 2 unspecified atom stereocenters. The molecule has 1 N–H and O–H groups in total. The van der Waals surface area contributed by atoms with Crippen molar-refractivity contribution >= 4 is 15.8 Å². The SMILES string of the molecule is CCOC(=O)CCCNC1CCCC(S(C)(=O)=O)C1. The van der Waals surface area contributed by atoms with Gasteiger partial charge in [0.1, 0.15) is 9.84 Å². The quantitative estimate of drug-likeness (QED) is 0.565. The fourth-order valence-corrected chi connectivity index (χ4v) is 3.67. The van der Waals surface area contributed by atoms with Crippen molar-refractivity contribution in [2.75, 3.05) is 19.4 Å². The normalized spacial score (nSPS) is 24.1. The third-order valence-electron chi connectivity index (χ3n) is 3.53. The van der Waals surface area contributed by atoms with Crippen LogP contribution < -0.4 is 5.32 Å². The van der Waals surface area contributed by atoms with Gasteiger partial charge in [0, 0.05) is 18.7 Å².